The Balaban J connectivity index is 2.01. The predicted molar refractivity (Wildman–Crippen MR) is 120 cm³/mol. The van der Waals surface area contributed by atoms with Gasteiger partial charge < -0.3 is 33.2 Å². The van der Waals surface area contributed by atoms with Crippen molar-refractivity contribution in [2.45, 2.75) is 96.0 Å². The molecule has 0 spiro atoms. The van der Waals surface area contributed by atoms with Crippen LogP contribution in [-0.4, -0.2) is 91.0 Å². The topological polar surface area (TPSA) is 102 Å². The second-order valence-corrected chi connectivity index (χ2v) is 9.61. The fourth-order valence-corrected chi connectivity index (χ4v) is 4.75. The Morgan fingerprint density at radius 1 is 0.912 bits per heavy atom. The molecule has 0 saturated carbocycles. The summed E-state index contributed by atoms with van der Waals surface area (Å²) in [6.07, 6.45) is -0.720. The van der Waals surface area contributed by atoms with Gasteiger partial charge in [0.1, 0.15) is 37.1 Å². The van der Waals surface area contributed by atoms with Crippen LogP contribution in [0.4, 0.5) is 0 Å². The third-order valence-corrected chi connectivity index (χ3v) is 5.85. The standard InChI is InChI=1S/C24H37NO9/c1-9-11-25(12-10-2)16(13-28-14(3)26)17(29-15(4)27)18-19-20(32-23(5,6)31-19)21-22(30-18)34-24(7,8)33-21/h9-10,16-22H,1-2,11-13H2,3-8H3/t16-,17-,18+,19-,20-,21+,22+/m0/s1. The van der Waals surface area contributed by atoms with Crippen molar-refractivity contribution in [2.75, 3.05) is 19.7 Å². The Bertz CT molecular complexity index is 772. The molecule has 10 nitrogen and oxygen atoms in total. The molecule has 3 aliphatic rings. The van der Waals surface area contributed by atoms with Crippen LogP contribution in [0, 0.1) is 0 Å². The first-order valence-electron chi connectivity index (χ1n) is 11.5. The first-order valence-corrected chi connectivity index (χ1v) is 11.5. The van der Waals surface area contributed by atoms with Crippen LogP contribution >= 0.6 is 0 Å². The summed E-state index contributed by atoms with van der Waals surface area (Å²) in [6.45, 7) is 18.3. The van der Waals surface area contributed by atoms with Crippen molar-refractivity contribution in [1.29, 1.82) is 0 Å². The van der Waals surface area contributed by atoms with E-state index in [9.17, 15) is 9.59 Å². The zero-order chi connectivity index (χ0) is 25.3. The average Bonchev–Trinajstić information content (AvgIpc) is 3.20. The van der Waals surface area contributed by atoms with E-state index in [4.69, 9.17) is 33.2 Å². The summed E-state index contributed by atoms with van der Waals surface area (Å²) in [5.41, 5.74) is 0. The lowest BCUT2D eigenvalue weighted by Gasteiger charge is -2.44. The molecule has 0 bridgehead atoms. The highest BCUT2D eigenvalue weighted by atomic mass is 16.9. The molecule has 0 amide bonds. The van der Waals surface area contributed by atoms with Crippen molar-refractivity contribution >= 4 is 11.9 Å². The maximum Gasteiger partial charge on any atom is 0.303 e. The van der Waals surface area contributed by atoms with E-state index in [1.165, 1.54) is 13.8 Å². The van der Waals surface area contributed by atoms with Gasteiger partial charge >= 0.3 is 11.9 Å². The molecule has 192 valence electrons. The molecule has 3 rings (SSSR count). The zero-order valence-electron chi connectivity index (χ0n) is 20.9. The minimum Gasteiger partial charge on any atom is -0.464 e. The molecule has 0 aliphatic carbocycles. The zero-order valence-corrected chi connectivity index (χ0v) is 20.9. The Hall–Kier alpha value is -1.82. The van der Waals surface area contributed by atoms with Crippen LogP contribution in [-0.2, 0) is 42.7 Å². The average molecular weight is 484 g/mol. The molecule has 0 aromatic carbocycles. The summed E-state index contributed by atoms with van der Waals surface area (Å²) in [6, 6.07) is -0.589. The number of hydrogen-bond donors (Lipinski definition) is 0. The van der Waals surface area contributed by atoms with Gasteiger partial charge in [-0.2, -0.15) is 0 Å². The van der Waals surface area contributed by atoms with E-state index in [-0.39, 0.29) is 6.61 Å². The number of hydrogen-bond acceptors (Lipinski definition) is 10. The van der Waals surface area contributed by atoms with E-state index < -0.39 is 66.4 Å². The lowest BCUT2D eigenvalue weighted by molar-refractivity contribution is -0.262. The monoisotopic (exact) mass is 483 g/mol. The van der Waals surface area contributed by atoms with Gasteiger partial charge in [-0.1, -0.05) is 12.2 Å². The van der Waals surface area contributed by atoms with Crippen molar-refractivity contribution in [3.05, 3.63) is 25.3 Å². The minimum atomic E-state index is -0.921. The molecule has 3 heterocycles. The summed E-state index contributed by atoms with van der Waals surface area (Å²) >= 11 is 0. The second-order valence-electron chi connectivity index (χ2n) is 9.61. The van der Waals surface area contributed by atoms with Crippen LogP contribution in [0.25, 0.3) is 0 Å². The first kappa shape index (κ1) is 26.8. The van der Waals surface area contributed by atoms with Gasteiger partial charge in [-0.15, -0.1) is 13.2 Å². The molecule has 7 atom stereocenters. The van der Waals surface area contributed by atoms with Gasteiger partial charge in [0.25, 0.3) is 0 Å². The van der Waals surface area contributed by atoms with Gasteiger partial charge in [0.2, 0.25) is 0 Å². The Morgan fingerprint density at radius 2 is 1.47 bits per heavy atom. The molecule has 3 saturated heterocycles. The number of rotatable bonds is 10. The highest BCUT2D eigenvalue weighted by Gasteiger charge is 2.63. The smallest absolute Gasteiger partial charge is 0.303 e. The number of carbonyl (C=O) groups excluding carboxylic acids is 2. The van der Waals surface area contributed by atoms with Crippen molar-refractivity contribution in [3.8, 4) is 0 Å². The second kappa shape index (κ2) is 10.4. The van der Waals surface area contributed by atoms with Gasteiger partial charge in [-0.3, -0.25) is 14.5 Å². The molecule has 34 heavy (non-hydrogen) atoms. The maximum absolute atomic E-state index is 12.3. The fraction of sp³-hybridized carbons (Fsp3) is 0.750. The van der Waals surface area contributed by atoms with Crippen LogP contribution in [0.3, 0.4) is 0 Å². The van der Waals surface area contributed by atoms with Gasteiger partial charge in [0.15, 0.2) is 17.9 Å². The number of ether oxygens (including phenoxy) is 7. The summed E-state index contributed by atoms with van der Waals surface area (Å²) in [7, 11) is 0. The molecule has 3 aliphatic heterocycles. The normalized spacial score (nSPS) is 32.9. The number of nitrogens with zero attached hydrogens (tertiary/aromatic N) is 1. The van der Waals surface area contributed by atoms with Crippen LogP contribution in [0.5, 0.6) is 0 Å². The van der Waals surface area contributed by atoms with Gasteiger partial charge in [0, 0.05) is 26.9 Å². The van der Waals surface area contributed by atoms with Crippen LogP contribution < -0.4 is 0 Å². The summed E-state index contributed by atoms with van der Waals surface area (Å²) < 4.78 is 42.1. The highest BCUT2D eigenvalue weighted by molar-refractivity contribution is 5.66. The number of carbonyl (C=O) groups is 2. The lowest BCUT2D eigenvalue weighted by Crippen LogP contribution is -2.64. The van der Waals surface area contributed by atoms with E-state index >= 15 is 0 Å². The molecule has 0 aromatic heterocycles. The highest BCUT2D eigenvalue weighted by Crippen LogP contribution is 2.45. The van der Waals surface area contributed by atoms with E-state index in [0.29, 0.717) is 13.1 Å². The minimum absolute atomic E-state index is 0.0482. The Labute approximate surface area is 201 Å². The van der Waals surface area contributed by atoms with Gasteiger partial charge in [-0.25, -0.2) is 0 Å². The van der Waals surface area contributed by atoms with E-state index in [2.05, 4.69) is 13.2 Å². The molecule has 0 radical (unpaired) electrons. The molecule has 3 fully saturated rings. The quantitative estimate of drug-likeness (QED) is 0.338. The lowest BCUT2D eigenvalue weighted by atomic mass is 9.91. The number of esters is 2. The predicted octanol–water partition coefficient (Wildman–Crippen LogP) is 1.92. The number of fused-ring (bicyclic) bond motifs is 3. The van der Waals surface area contributed by atoms with E-state index in [1.54, 1.807) is 39.8 Å². The van der Waals surface area contributed by atoms with E-state index in [0.717, 1.165) is 0 Å². The largest absolute Gasteiger partial charge is 0.464 e. The van der Waals surface area contributed by atoms with Crippen LogP contribution in [0.2, 0.25) is 0 Å². The molecular weight excluding hydrogens is 446 g/mol. The van der Waals surface area contributed by atoms with E-state index in [1.807, 2.05) is 4.90 Å². The summed E-state index contributed by atoms with van der Waals surface area (Å²) in [4.78, 5) is 25.9. The molecule has 0 N–H and O–H groups in total. The van der Waals surface area contributed by atoms with Gasteiger partial charge in [0.05, 0.1) is 6.04 Å². The summed E-state index contributed by atoms with van der Waals surface area (Å²) in [5.74, 6) is -2.78. The molecule has 0 unspecified atom stereocenters. The third kappa shape index (κ3) is 6.05. The van der Waals surface area contributed by atoms with Crippen molar-refractivity contribution < 1.29 is 42.7 Å². The van der Waals surface area contributed by atoms with Gasteiger partial charge in [-0.05, 0) is 27.7 Å². The Morgan fingerprint density at radius 3 is 2.03 bits per heavy atom. The third-order valence-electron chi connectivity index (χ3n) is 5.85. The molecule has 10 heteroatoms. The first-order chi connectivity index (χ1) is 15.9. The Kier molecular flexibility index (Phi) is 8.22. The molecular formula is C24H37NO9. The maximum atomic E-state index is 12.3. The van der Waals surface area contributed by atoms with Crippen molar-refractivity contribution in [1.82, 2.24) is 4.90 Å². The molecule has 0 aromatic rings. The van der Waals surface area contributed by atoms with Crippen LogP contribution in [0.1, 0.15) is 41.5 Å². The van der Waals surface area contributed by atoms with Crippen molar-refractivity contribution in [3.63, 3.8) is 0 Å². The van der Waals surface area contributed by atoms with Crippen LogP contribution in [0.15, 0.2) is 25.3 Å². The summed E-state index contributed by atoms with van der Waals surface area (Å²) in [5, 5.41) is 0. The SMILES string of the molecule is C=CCN(CC=C)[C@@H](COC(C)=O)[C@H](OC(C)=O)[C@H]1O[C@@H]2OC(C)(C)O[C@@H]2[C@H]2OC(C)(C)O[C@@H]12. The fourth-order valence-electron chi connectivity index (χ4n) is 4.75. The van der Waals surface area contributed by atoms with Crippen molar-refractivity contribution in [2.24, 2.45) is 0 Å².